The molecular weight excluding hydrogens is 431 g/mol. The minimum atomic E-state index is -0.771. The molecule has 2 heterocycles. The van der Waals surface area contributed by atoms with E-state index in [-0.39, 0.29) is 11.7 Å². The van der Waals surface area contributed by atoms with Crippen molar-refractivity contribution in [3.8, 4) is 23.1 Å². The van der Waals surface area contributed by atoms with Gasteiger partial charge in [0.2, 0.25) is 0 Å². The molecule has 1 aromatic carbocycles. The Balaban J connectivity index is 1.92. The van der Waals surface area contributed by atoms with E-state index in [0.717, 1.165) is 0 Å². The number of hydrogen-bond donors (Lipinski definition) is 1. The molecule has 3 rings (SSSR count). The number of rotatable bonds is 4. The second-order valence-corrected chi connectivity index (χ2v) is 7.07. The average molecular weight is 449 g/mol. The van der Waals surface area contributed by atoms with Crippen LogP contribution in [0.1, 0.15) is 18.4 Å². The maximum absolute atomic E-state index is 14.1. The number of ether oxygens (including phenoxy) is 2. The van der Waals surface area contributed by atoms with Gasteiger partial charge >= 0.3 is 6.09 Å². The van der Waals surface area contributed by atoms with E-state index in [0.29, 0.717) is 53.2 Å². The van der Waals surface area contributed by atoms with Gasteiger partial charge in [-0.1, -0.05) is 6.07 Å². The number of nitriles is 1. The molecule has 0 radical (unpaired) electrons. The Morgan fingerprint density at radius 1 is 1.39 bits per heavy atom. The number of primary amides is 1. The van der Waals surface area contributed by atoms with Crippen molar-refractivity contribution in [2.45, 2.75) is 18.9 Å². The number of piperidine rings is 1. The Bertz CT molecular complexity index is 940. The Labute approximate surface area is 170 Å². The van der Waals surface area contributed by atoms with E-state index in [2.05, 4.69) is 20.9 Å². The quantitative estimate of drug-likeness (QED) is 0.766. The van der Waals surface area contributed by atoms with Crippen LogP contribution in [-0.4, -0.2) is 37.4 Å². The fourth-order valence-electron chi connectivity index (χ4n) is 3.12. The minimum Gasteiger partial charge on any atom is -0.495 e. The van der Waals surface area contributed by atoms with E-state index >= 15 is 0 Å². The first-order valence-electron chi connectivity index (χ1n) is 8.58. The number of nitrogens with zero attached hydrogens (tertiary/aromatic N) is 3. The zero-order valence-corrected chi connectivity index (χ0v) is 16.7. The number of anilines is 1. The summed E-state index contributed by atoms with van der Waals surface area (Å²) in [4.78, 5) is 17.6. The van der Waals surface area contributed by atoms with E-state index in [1.807, 2.05) is 4.90 Å². The van der Waals surface area contributed by atoms with Crippen molar-refractivity contribution >= 4 is 27.8 Å². The molecule has 2 aromatic rings. The topological polar surface area (TPSA) is 101 Å². The standard InChI is InChI=1S/C19H18BrFN4O3/c1-27-15-9-16(25-6-4-13(5-7-25)28-19(23)26)24-18(17(15)20)11-2-3-12(10-22)14(21)8-11/h2-3,8-9,13H,4-7H2,1H3,(H2,23,26). The minimum absolute atomic E-state index is 0.0282. The summed E-state index contributed by atoms with van der Waals surface area (Å²) < 4.78 is 25.2. The van der Waals surface area contributed by atoms with Crippen LogP contribution >= 0.6 is 15.9 Å². The fourth-order valence-corrected chi connectivity index (χ4v) is 3.71. The molecule has 2 N–H and O–H groups in total. The summed E-state index contributed by atoms with van der Waals surface area (Å²) in [7, 11) is 1.54. The van der Waals surface area contributed by atoms with Crippen molar-refractivity contribution in [1.82, 2.24) is 4.98 Å². The van der Waals surface area contributed by atoms with Crippen LogP contribution in [0, 0.1) is 17.1 Å². The number of halogens is 2. The molecule has 1 aliphatic heterocycles. The van der Waals surface area contributed by atoms with Gasteiger partial charge in [-0.15, -0.1) is 0 Å². The van der Waals surface area contributed by atoms with E-state index < -0.39 is 11.9 Å². The summed E-state index contributed by atoms with van der Waals surface area (Å²) >= 11 is 3.47. The molecule has 1 aliphatic rings. The zero-order valence-electron chi connectivity index (χ0n) is 15.1. The third-order valence-electron chi connectivity index (χ3n) is 4.54. The molecule has 146 valence electrons. The Hall–Kier alpha value is -2.86. The van der Waals surface area contributed by atoms with Crippen molar-refractivity contribution in [2.75, 3.05) is 25.1 Å². The lowest BCUT2D eigenvalue weighted by molar-refractivity contribution is 0.0911. The zero-order chi connectivity index (χ0) is 20.3. The van der Waals surface area contributed by atoms with Gasteiger partial charge in [0.25, 0.3) is 0 Å². The first-order valence-corrected chi connectivity index (χ1v) is 9.37. The third-order valence-corrected chi connectivity index (χ3v) is 5.31. The first-order chi connectivity index (χ1) is 13.4. The van der Waals surface area contributed by atoms with Crippen molar-refractivity contribution in [2.24, 2.45) is 5.73 Å². The van der Waals surface area contributed by atoms with Gasteiger partial charge in [0.1, 0.15) is 29.6 Å². The molecule has 0 atom stereocenters. The number of hydrogen-bond acceptors (Lipinski definition) is 6. The number of carbonyl (C=O) groups is 1. The molecular formula is C19H18BrFN4O3. The highest BCUT2D eigenvalue weighted by atomic mass is 79.9. The second kappa shape index (κ2) is 8.44. The van der Waals surface area contributed by atoms with E-state index in [1.165, 1.54) is 12.1 Å². The third kappa shape index (κ3) is 4.17. The van der Waals surface area contributed by atoms with Crippen LogP contribution in [0.4, 0.5) is 15.0 Å². The van der Waals surface area contributed by atoms with Gasteiger partial charge in [-0.2, -0.15) is 5.26 Å². The molecule has 28 heavy (non-hydrogen) atoms. The Kier molecular flexibility index (Phi) is 5.99. The molecule has 1 aromatic heterocycles. The van der Waals surface area contributed by atoms with Crippen molar-refractivity contribution in [1.29, 1.82) is 5.26 Å². The molecule has 9 heteroatoms. The van der Waals surface area contributed by atoms with Gasteiger partial charge in [-0.25, -0.2) is 14.2 Å². The molecule has 1 amide bonds. The lowest BCUT2D eigenvalue weighted by atomic mass is 10.1. The predicted molar refractivity (Wildman–Crippen MR) is 105 cm³/mol. The number of carbonyl (C=O) groups excluding carboxylic acids is 1. The molecule has 0 aliphatic carbocycles. The lowest BCUT2D eigenvalue weighted by Gasteiger charge is -2.32. The monoisotopic (exact) mass is 448 g/mol. The highest BCUT2D eigenvalue weighted by Crippen LogP contribution is 2.38. The molecule has 0 spiro atoms. The van der Waals surface area contributed by atoms with Crippen LogP contribution in [0.2, 0.25) is 0 Å². The summed E-state index contributed by atoms with van der Waals surface area (Å²) in [6, 6.07) is 7.95. The van der Waals surface area contributed by atoms with E-state index in [4.69, 9.17) is 20.5 Å². The van der Waals surface area contributed by atoms with Gasteiger partial charge in [0.15, 0.2) is 0 Å². The summed E-state index contributed by atoms with van der Waals surface area (Å²) in [5.41, 5.74) is 6.08. The maximum atomic E-state index is 14.1. The van der Waals surface area contributed by atoms with Crippen LogP contribution in [0.5, 0.6) is 5.75 Å². The van der Waals surface area contributed by atoms with Gasteiger partial charge < -0.3 is 20.1 Å². The smallest absolute Gasteiger partial charge is 0.404 e. The van der Waals surface area contributed by atoms with Crippen LogP contribution in [-0.2, 0) is 4.74 Å². The lowest BCUT2D eigenvalue weighted by Crippen LogP contribution is -2.39. The summed E-state index contributed by atoms with van der Waals surface area (Å²) in [6.07, 6.45) is 0.276. The number of pyridine rings is 1. The van der Waals surface area contributed by atoms with E-state index in [9.17, 15) is 9.18 Å². The predicted octanol–water partition coefficient (Wildman–Crippen LogP) is 3.59. The number of benzene rings is 1. The van der Waals surface area contributed by atoms with Crippen molar-refractivity contribution in [3.05, 3.63) is 40.1 Å². The Morgan fingerprint density at radius 2 is 2.11 bits per heavy atom. The molecule has 1 saturated heterocycles. The molecule has 1 fully saturated rings. The largest absolute Gasteiger partial charge is 0.495 e. The SMILES string of the molecule is COc1cc(N2CCC(OC(N)=O)CC2)nc(-c2ccc(C#N)c(F)c2)c1Br. The first kappa shape index (κ1) is 19.9. The van der Waals surface area contributed by atoms with Crippen LogP contribution in [0.15, 0.2) is 28.7 Å². The fraction of sp³-hybridized carbons (Fsp3) is 0.316. The second-order valence-electron chi connectivity index (χ2n) is 6.28. The van der Waals surface area contributed by atoms with Gasteiger partial charge in [-0.05, 0) is 28.1 Å². The molecule has 0 unspecified atom stereocenters. The van der Waals surface area contributed by atoms with Crippen molar-refractivity contribution in [3.63, 3.8) is 0 Å². The van der Waals surface area contributed by atoms with Crippen LogP contribution in [0.3, 0.4) is 0 Å². The average Bonchev–Trinajstić information content (AvgIpc) is 2.68. The number of aromatic nitrogens is 1. The van der Waals surface area contributed by atoms with Crippen LogP contribution < -0.4 is 15.4 Å². The molecule has 0 bridgehead atoms. The summed E-state index contributed by atoms with van der Waals surface area (Å²) in [6.45, 7) is 1.24. The number of methoxy groups -OCH3 is 1. The highest BCUT2D eigenvalue weighted by Gasteiger charge is 2.24. The molecule has 0 saturated carbocycles. The maximum Gasteiger partial charge on any atom is 0.404 e. The van der Waals surface area contributed by atoms with Gasteiger partial charge in [0.05, 0.1) is 22.8 Å². The van der Waals surface area contributed by atoms with E-state index in [1.54, 1.807) is 25.3 Å². The van der Waals surface area contributed by atoms with Crippen molar-refractivity contribution < 1.29 is 18.7 Å². The normalized spacial score (nSPS) is 14.4. The number of nitrogens with two attached hydrogens (primary N) is 1. The molecule has 7 nitrogen and oxygen atoms in total. The summed E-state index contributed by atoms with van der Waals surface area (Å²) in [5.74, 6) is 0.611. The Morgan fingerprint density at radius 3 is 2.68 bits per heavy atom. The summed E-state index contributed by atoms with van der Waals surface area (Å²) in [5, 5.41) is 8.93. The van der Waals surface area contributed by atoms with Crippen LogP contribution in [0.25, 0.3) is 11.3 Å². The van der Waals surface area contributed by atoms with Gasteiger partial charge in [-0.3, -0.25) is 0 Å². The van der Waals surface area contributed by atoms with Gasteiger partial charge in [0, 0.05) is 37.6 Å². The highest BCUT2D eigenvalue weighted by molar-refractivity contribution is 9.10. The number of amides is 1.